The molecular weight excluding hydrogens is 635 g/mol. The number of halogens is 1. The number of sulfonamides is 1. The third kappa shape index (κ3) is 10.1. The Morgan fingerprint density at radius 2 is 1.52 bits per heavy atom. The molecule has 3 unspecified atom stereocenters. The standard InChI is InChI=1S/C36H41FN4O6S/c1-24(27-13-9-14-30(37)19-27)39-35(43)28-18-29(21-31(20-28)41(2)48(4,45)46)36(44)40-33(17-25-10-6-5-7-11-25)34(42)23-38-22-26-12-8-15-32(16-26)47-3/h5-16,18-21,24,33-34,38,42H,17,22-23H2,1-4H3,(H,39,43)(H,40,44). The number of nitrogens with zero attached hydrogens (tertiary/aromatic N) is 1. The Kier molecular flexibility index (Phi) is 12.3. The van der Waals surface area contributed by atoms with Gasteiger partial charge in [-0.25, -0.2) is 12.8 Å². The maximum Gasteiger partial charge on any atom is 0.251 e. The van der Waals surface area contributed by atoms with Gasteiger partial charge in [-0.2, -0.15) is 0 Å². The molecule has 0 aliphatic rings. The molecule has 0 saturated heterocycles. The molecule has 48 heavy (non-hydrogen) atoms. The van der Waals surface area contributed by atoms with Crippen molar-refractivity contribution in [3.05, 3.63) is 131 Å². The number of amides is 2. The summed E-state index contributed by atoms with van der Waals surface area (Å²) in [5.74, 6) is -0.942. The van der Waals surface area contributed by atoms with E-state index in [0.717, 1.165) is 21.7 Å². The highest BCUT2D eigenvalue weighted by atomic mass is 32.2. The largest absolute Gasteiger partial charge is 0.497 e. The zero-order chi connectivity index (χ0) is 34.8. The van der Waals surface area contributed by atoms with E-state index in [1.54, 1.807) is 20.1 Å². The molecule has 0 bridgehead atoms. The molecule has 12 heteroatoms. The summed E-state index contributed by atoms with van der Waals surface area (Å²) >= 11 is 0. The van der Waals surface area contributed by atoms with Crippen molar-refractivity contribution in [3.8, 4) is 5.75 Å². The Labute approximate surface area is 281 Å². The number of carbonyl (C=O) groups excluding carboxylic acids is 2. The zero-order valence-electron chi connectivity index (χ0n) is 27.3. The molecule has 254 valence electrons. The Morgan fingerprint density at radius 3 is 2.17 bits per heavy atom. The molecule has 0 saturated carbocycles. The molecule has 0 aliphatic heterocycles. The molecule has 0 aromatic heterocycles. The maximum absolute atomic E-state index is 13.8. The summed E-state index contributed by atoms with van der Waals surface area (Å²) in [6.45, 7) is 2.29. The fourth-order valence-electron chi connectivity index (χ4n) is 5.08. The molecule has 0 fully saturated rings. The SMILES string of the molecule is COc1cccc(CNCC(O)C(Cc2ccccc2)NC(=O)c2cc(C(=O)NC(C)c3cccc(F)c3)cc(N(C)S(C)(=O)=O)c2)c1. The van der Waals surface area contributed by atoms with Crippen LogP contribution in [-0.2, 0) is 23.0 Å². The second-order valence-corrected chi connectivity index (χ2v) is 13.6. The van der Waals surface area contributed by atoms with Crippen molar-refractivity contribution in [1.82, 2.24) is 16.0 Å². The van der Waals surface area contributed by atoms with Gasteiger partial charge in [0.1, 0.15) is 11.6 Å². The van der Waals surface area contributed by atoms with Gasteiger partial charge in [0.25, 0.3) is 11.8 Å². The van der Waals surface area contributed by atoms with Crippen LogP contribution < -0.4 is 25.0 Å². The Morgan fingerprint density at radius 1 is 0.875 bits per heavy atom. The number of hydrogen-bond acceptors (Lipinski definition) is 7. The lowest BCUT2D eigenvalue weighted by Crippen LogP contribution is -2.48. The van der Waals surface area contributed by atoms with E-state index in [-0.39, 0.29) is 23.4 Å². The van der Waals surface area contributed by atoms with Crippen LogP contribution in [0, 0.1) is 5.82 Å². The summed E-state index contributed by atoms with van der Waals surface area (Å²) in [6, 6.07) is 25.5. The number of rotatable bonds is 15. The number of hydrogen-bond donors (Lipinski definition) is 4. The third-order valence-electron chi connectivity index (χ3n) is 7.90. The van der Waals surface area contributed by atoms with Crippen LogP contribution in [0.25, 0.3) is 0 Å². The first-order valence-corrected chi connectivity index (χ1v) is 17.2. The minimum absolute atomic E-state index is 0.0150. The molecule has 0 aliphatic carbocycles. The molecule has 4 aromatic carbocycles. The van der Waals surface area contributed by atoms with E-state index in [1.807, 2.05) is 54.6 Å². The van der Waals surface area contributed by atoms with Crippen LogP contribution in [0.3, 0.4) is 0 Å². The van der Waals surface area contributed by atoms with Crippen LogP contribution in [0.15, 0.2) is 97.1 Å². The van der Waals surface area contributed by atoms with Crippen LogP contribution >= 0.6 is 0 Å². The summed E-state index contributed by atoms with van der Waals surface area (Å²) in [7, 11) is -0.847. The summed E-state index contributed by atoms with van der Waals surface area (Å²) in [5, 5.41) is 20.2. The van der Waals surface area contributed by atoms with Crippen molar-refractivity contribution in [1.29, 1.82) is 0 Å². The lowest BCUT2D eigenvalue weighted by Gasteiger charge is -2.26. The molecule has 10 nitrogen and oxygen atoms in total. The van der Waals surface area contributed by atoms with Gasteiger partial charge >= 0.3 is 0 Å². The van der Waals surface area contributed by atoms with Crippen molar-refractivity contribution < 1.29 is 32.2 Å². The lowest BCUT2D eigenvalue weighted by atomic mass is 10.00. The van der Waals surface area contributed by atoms with Gasteiger partial charge < -0.3 is 25.8 Å². The molecule has 0 radical (unpaired) electrons. The Balaban J connectivity index is 1.58. The highest BCUT2D eigenvalue weighted by Gasteiger charge is 2.25. The number of aliphatic hydroxyl groups excluding tert-OH is 1. The van der Waals surface area contributed by atoms with Gasteiger partial charge in [-0.3, -0.25) is 13.9 Å². The summed E-state index contributed by atoms with van der Waals surface area (Å²) in [5.41, 5.74) is 2.50. The van der Waals surface area contributed by atoms with Gasteiger partial charge in [0.15, 0.2) is 0 Å². The summed E-state index contributed by atoms with van der Waals surface area (Å²) in [4.78, 5) is 27.2. The Hall–Kier alpha value is -4.78. The highest BCUT2D eigenvalue weighted by molar-refractivity contribution is 7.92. The van der Waals surface area contributed by atoms with E-state index in [4.69, 9.17) is 4.74 Å². The van der Waals surface area contributed by atoms with Gasteiger partial charge in [-0.05, 0) is 72.5 Å². The first-order chi connectivity index (χ1) is 22.8. The quantitative estimate of drug-likeness (QED) is 0.148. The van der Waals surface area contributed by atoms with E-state index in [9.17, 15) is 27.5 Å². The van der Waals surface area contributed by atoms with Gasteiger partial charge in [0.2, 0.25) is 10.0 Å². The fourth-order valence-corrected chi connectivity index (χ4v) is 5.57. The third-order valence-corrected chi connectivity index (χ3v) is 9.10. The fraction of sp³-hybridized carbons (Fsp3) is 0.278. The van der Waals surface area contributed by atoms with Crippen molar-refractivity contribution in [2.75, 3.05) is 31.3 Å². The number of ether oxygens (including phenoxy) is 1. The van der Waals surface area contributed by atoms with Crippen LogP contribution in [0.2, 0.25) is 0 Å². The number of benzene rings is 4. The van der Waals surface area contributed by atoms with E-state index >= 15 is 0 Å². The Bertz CT molecular complexity index is 1820. The van der Waals surface area contributed by atoms with Crippen molar-refractivity contribution in [2.45, 2.75) is 38.1 Å². The van der Waals surface area contributed by atoms with Crippen molar-refractivity contribution in [2.24, 2.45) is 0 Å². The first-order valence-electron chi connectivity index (χ1n) is 15.4. The van der Waals surface area contributed by atoms with Crippen LogP contribution in [0.1, 0.15) is 50.4 Å². The van der Waals surface area contributed by atoms with Gasteiger partial charge in [0.05, 0.1) is 37.2 Å². The van der Waals surface area contributed by atoms with Crippen LogP contribution in [0.5, 0.6) is 5.75 Å². The molecule has 0 heterocycles. The second-order valence-electron chi connectivity index (χ2n) is 11.6. The highest BCUT2D eigenvalue weighted by Crippen LogP contribution is 2.23. The van der Waals surface area contributed by atoms with Gasteiger partial charge in [0, 0.05) is 31.3 Å². The molecule has 2 amide bonds. The first kappa shape index (κ1) is 36.1. The second kappa shape index (κ2) is 16.4. The maximum atomic E-state index is 13.8. The number of anilines is 1. The molecule has 4 aromatic rings. The van der Waals surface area contributed by atoms with E-state index < -0.39 is 45.8 Å². The predicted molar refractivity (Wildman–Crippen MR) is 184 cm³/mol. The monoisotopic (exact) mass is 676 g/mol. The smallest absolute Gasteiger partial charge is 0.251 e. The summed E-state index contributed by atoms with van der Waals surface area (Å²) in [6.07, 6.45) is 0.295. The number of methoxy groups -OCH3 is 1. The molecular formula is C36H41FN4O6S. The molecule has 3 atom stereocenters. The average molecular weight is 677 g/mol. The summed E-state index contributed by atoms with van der Waals surface area (Å²) < 4.78 is 44.9. The van der Waals surface area contributed by atoms with E-state index in [2.05, 4.69) is 16.0 Å². The van der Waals surface area contributed by atoms with E-state index in [1.165, 1.54) is 43.4 Å². The van der Waals surface area contributed by atoms with Crippen molar-refractivity contribution in [3.63, 3.8) is 0 Å². The lowest BCUT2D eigenvalue weighted by molar-refractivity contribution is 0.0830. The predicted octanol–water partition coefficient (Wildman–Crippen LogP) is 4.21. The van der Waals surface area contributed by atoms with Crippen molar-refractivity contribution >= 4 is 27.5 Å². The minimum Gasteiger partial charge on any atom is -0.497 e. The number of carbonyl (C=O) groups is 2. The zero-order valence-corrected chi connectivity index (χ0v) is 28.1. The number of aliphatic hydroxyl groups is 1. The molecule has 4 rings (SSSR count). The molecule has 0 spiro atoms. The van der Waals surface area contributed by atoms with E-state index in [0.29, 0.717) is 24.3 Å². The van der Waals surface area contributed by atoms with Crippen LogP contribution in [-0.4, -0.2) is 64.4 Å². The molecule has 4 N–H and O–H groups in total. The topological polar surface area (TPSA) is 137 Å². The average Bonchev–Trinajstić information content (AvgIpc) is 3.07. The normalized spacial score (nSPS) is 13.2. The number of nitrogens with one attached hydrogen (secondary N) is 3. The van der Waals surface area contributed by atoms with Gasteiger partial charge in [-0.1, -0.05) is 54.6 Å². The minimum atomic E-state index is -3.75. The van der Waals surface area contributed by atoms with Crippen LogP contribution in [0.4, 0.5) is 10.1 Å². The van der Waals surface area contributed by atoms with Gasteiger partial charge in [-0.15, -0.1) is 0 Å².